The first kappa shape index (κ1) is 14.6. The number of hydrogen-bond acceptors (Lipinski definition) is 5. The Kier molecular flexibility index (Phi) is 4.65. The Morgan fingerprint density at radius 3 is 2.74 bits per heavy atom. The molecule has 0 bridgehead atoms. The summed E-state index contributed by atoms with van der Waals surface area (Å²) < 4.78 is 5.11. The van der Waals surface area contributed by atoms with Crippen LogP contribution < -0.4 is 0 Å². The van der Waals surface area contributed by atoms with E-state index in [1.54, 1.807) is 19.1 Å². The molecule has 1 aliphatic heterocycles. The van der Waals surface area contributed by atoms with Crippen molar-refractivity contribution >= 4 is 28.9 Å². The smallest absolute Gasteiger partial charge is 0.256 e. The van der Waals surface area contributed by atoms with Crippen LogP contribution in [-0.4, -0.2) is 41.0 Å². The molecule has 19 heavy (non-hydrogen) atoms. The molecule has 0 saturated heterocycles. The fourth-order valence-corrected chi connectivity index (χ4v) is 2.24. The fourth-order valence-electron chi connectivity index (χ4n) is 1.73. The minimum Gasteiger partial charge on any atom is -0.384 e. The summed E-state index contributed by atoms with van der Waals surface area (Å²) in [5, 5.41) is 24.5. The SMILES string of the molecule is CCO[C@H]1ON=C(c2ccc(Cl)cc2Cl)[C@H](O)[C@@H]1O. The lowest BCUT2D eigenvalue weighted by Gasteiger charge is -2.30. The van der Waals surface area contributed by atoms with Gasteiger partial charge in [0.25, 0.3) is 6.29 Å². The van der Waals surface area contributed by atoms with Crippen LogP contribution in [0.3, 0.4) is 0 Å². The van der Waals surface area contributed by atoms with E-state index < -0.39 is 18.5 Å². The minimum absolute atomic E-state index is 0.144. The zero-order chi connectivity index (χ0) is 14.0. The van der Waals surface area contributed by atoms with Gasteiger partial charge in [-0.1, -0.05) is 28.4 Å². The van der Waals surface area contributed by atoms with Crippen molar-refractivity contribution in [3.63, 3.8) is 0 Å². The van der Waals surface area contributed by atoms with E-state index in [4.69, 9.17) is 32.8 Å². The molecule has 5 nitrogen and oxygen atoms in total. The van der Waals surface area contributed by atoms with E-state index >= 15 is 0 Å². The van der Waals surface area contributed by atoms with Crippen molar-refractivity contribution in [3.05, 3.63) is 33.8 Å². The first-order chi connectivity index (χ1) is 9.04. The molecular formula is C12H13Cl2NO4. The lowest BCUT2D eigenvalue weighted by Crippen LogP contribution is -2.48. The number of aliphatic hydroxyl groups is 2. The summed E-state index contributed by atoms with van der Waals surface area (Å²) in [5.74, 6) is 0. The fraction of sp³-hybridized carbons (Fsp3) is 0.417. The Bertz CT molecular complexity index is 495. The van der Waals surface area contributed by atoms with Gasteiger partial charge in [-0.3, -0.25) is 0 Å². The highest BCUT2D eigenvalue weighted by molar-refractivity contribution is 6.37. The monoisotopic (exact) mass is 305 g/mol. The molecule has 0 radical (unpaired) electrons. The number of nitrogens with zero attached hydrogens (tertiary/aromatic N) is 1. The maximum atomic E-state index is 10.0. The molecule has 1 aromatic rings. The summed E-state index contributed by atoms with van der Waals surface area (Å²) in [6.07, 6.45) is -3.47. The molecule has 1 aliphatic rings. The molecule has 2 rings (SSSR count). The predicted octanol–water partition coefficient (Wildman–Crippen LogP) is 1.81. The number of halogens is 2. The second-order valence-corrected chi connectivity index (χ2v) is 4.81. The normalized spacial score (nSPS) is 26.8. The van der Waals surface area contributed by atoms with Gasteiger partial charge < -0.3 is 19.8 Å². The maximum Gasteiger partial charge on any atom is 0.256 e. The summed E-state index contributed by atoms with van der Waals surface area (Å²) in [4.78, 5) is 5.02. The van der Waals surface area contributed by atoms with E-state index in [9.17, 15) is 10.2 Å². The van der Waals surface area contributed by atoms with E-state index in [2.05, 4.69) is 5.16 Å². The van der Waals surface area contributed by atoms with Crippen molar-refractivity contribution in [1.82, 2.24) is 0 Å². The standard InChI is InChI=1S/C12H13Cl2NO4/c1-2-18-12-11(17)10(16)9(15-19-12)7-4-3-6(13)5-8(7)14/h3-5,10-12,16-17H,2H2,1H3/t10-,11-,12-/m0/s1. The zero-order valence-corrected chi connectivity index (χ0v) is 11.6. The third-order valence-electron chi connectivity index (χ3n) is 2.68. The third-order valence-corrected chi connectivity index (χ3v) is 3.22. The quantitative estimate of drug-likeness (QED) is 0.893. The second-order valence-electron chi connectivity index (χ2n) is 3.97. The van der Waals surface area contributed by atoms with E-state index in [-0.39, 0.29) is 5.71 Å². The predicted molar refractivity (Wildman–Crippen MR) is 71.5 cm³/mol. The van der Waals surface area contributed by atoms with Gasteiger partial charge in [0.1, 0.15) is 11.8 Å². The van der Waals surface area contributed by atoms with Crippen LogP contribution in [0.1, 0.15) is 12.5 Å². The van der Waals surface area contributed by atoms with Crippen LogP contribution in [0.25, 0.3) is 0 Å². The van der Waals surface area contributed by atoms with Crippen LogP contribution in [0.5, 0.6) is 0 Å². The van der Waals surface area contributed by atoms with Gasteiger partial charge in [0.15, 0.2) is 6.10 Å². The number of benzene rings is 1. The molecule has 0 aromatic heterocycles. The van der Waals surface area contributed by atoms with E-state index in [0.717, 1.165) is 0 Å². The minimum atomic E-state index is -1.25. The average Bonchev–Trinajstić information content (AvgIpc) is 2.37. The molecule has 2 N–H and O–H groups in total. The number of oxime groups is 1. The van der Waals surface area contributed by atoms with Crippen molar-refractivity contribution in [3.8, 4) is 0 Å². The van der Waals surface area contributed by atoms with E-state index in [0.29, 0.717) is 22.2 Å². The molecule has 0 spiro atoms. The Morgan fingerprint density at radius 2 is 2.11 bits per heavy atom. The van der Waals surface area contributed by atoms with Gasteiger partial charge in [0.05, 0.1) is 5.02 Å². The molecule has 0 unspecified atom stereocenters. The Labute approximate surface area is 120 Å². The van der Waals surface area contributed by atoms with Crippen molar-refractivity contribution in [1.29, 1.82) is 0 Å². The van der Waals surface area contributed by atoms with Gasteiger partial charge in [-0.05, 0) is 25.1 Å². The highest BCUT2D eigenvalue weighted by atomic mass is 35.5. The topological polar surface area (TPSA) is 71.3 Å². The van der Waals surface area contributed by atoms with Crippen molar-refractivity contribution in [2.75, 3.05) is 6.61 Å². The molecule has 0 aliphatic carbocycles. The van der Waals surface area contributed by atoms with Crippen LogP contribution in [0.15, 0.2) is 23.4 Å². The Morgan fingerprint density at radius 1 is 1.37 bits per heavy atom. The summed E-state index contributed by atoms with van der Waals surface area (Å²) in [5.41, 5.74) is 0.595. The third kappa shape index (κ3) is 3.01. The molecule has 104 valence electrons. The summed E-state index contributed by atoms with van der Waals surface area (Å²) in [7, 11) is 0. The van der Waals surface area contributed by atoms with Gasteiger partial charge in [-0.2, -0.15) is 0 Å². The van der Waals surface area contributed by atoms with Crippen molar-refractivity contribution in [2.45, 2.75) is 25.4 Å². The Hall–Kier alpha value is -0.850. The van der Waals surface area contributed by atoms with Crippen molar-refractivity contribution in [2.24, 2.45) is 5.16 Å². The lowest BCUT2D eigenvalue weighted by atomic mass is 10.00. The molecule has 0 fully saturated rings. The summed E-state index contributed by atoms with van der Waals surface area (Å²) in [6, 6.07) is 4.73. The number of hydrogen-bond donors (Lipinski definition) is 2. The highest BCUT2D eigenvalue weighted by Gasteiger charge is 2.37. The van der Waals surface area contributed by atoms with Crippen LogP contribution in [0, 0.1) is 0 Å². The number of ether oxygens (including phenoxy) is 1. The molecular weight excluding hydrogens is 293 g/mol. The second kappa shape index (κ2) is 6.07. The van der Waals surface area contributed by atoms with Gasteiger partial charge >= 0.3 is 0 Å². The van der Waals surface area contributed by atoms with Crippen LogP contribution in [0.2, 0.25) is 10.0 Å². The molecule has 0 amide bonds. The molecule has 1 aromatic carbocycles. The summed E-state index contributed by atoms with van der Waals surface area (Å²) >= 11 is 11.8. The number of rotatable bonds is 3. The summed E-state index contributed by atoms with van der Waals surface area (Å²) in [6.45, 7) is 2.08. The number of aliphatic hydroxyl groups excluding tert-OH is 2. The van der Waals surface area contributed by atoms with E-state index in [1.807, 2.05) is 0 Å². The van der Waals surface area contributed by atoms with Crippen molar-refractivity contribution < 1.29 is 19.8 Å². The maximum absolute atomic E-state index is 10.0. The average molecular weight is 306 g/mol. The Balaban J connectivity index is 2.30. The molecule has 0 saturated carbocycles. The van der Waals surface area contributed by atoms with Gasteiger partial charge in [0, 0.05) is 17.2 Å². The lowest BCUT2D eigenvalue weighted by molar-refractivity contribution is -0.215. The van der Waals surface area contributed by atoms with Crippen LogP contribution in [0.4, 0.5) is 0 Å². The molecule has 3 atom stereocenters. The highest BCUT2D eigenvalue weighted by Crippen LogP contribution is 2.26. The molecule has 1 heterocycles. The van der Waals surface area contributed by atoms with Gasteiger partial charge in [0.2, 0.25) is 0 Å². The van der Waals surface area contributed by atoms with Gasteiger partial charge in [-0.25, -0.2) is 0 Å². The zero-order valence-electron chi connectivity index (χ0n) is 10.1. The van der Waals surface area contributed by atoms with E-state index in [1.165, 1.54) is 6.07 Å². The molecule has 7 heteroatoms. The first-order valence-corrected chi connectivity index (χ1v) is 6.47. The largest absolute Gasteiger partial charge is 0.384 e. The first-order valence-electron chi connectivity index (χ1n) is 5.71. The van der Waals surface area contributed by atoms with Crippen LogP contribution >= 0.6 is 23.2 Å². The van der Waals surface area contributed by atoms with Gasteiger partial charge in [-0.15, -0.1) is 0 Å². The van der Waals surface area contributed by atoms with Crippen LogP contribution in [-0.2, 0) is 9.57 Å².